The fourth-order valence-electron chi connectivity index (χ4n) is 2.05. The molecule has 0 bridgehead atoms. The molecule has 0 aliphatic carbocycles. The van der Waals surface area contributed by atoms with Gasteiger partial charge in [-0.05, 0) is 23.3 Å². The summed E-state index contributed by atoms with van der Waals surface area (Å²) >= 11 is 0. The Morgan fingerprint density at radius 1 is 1.05 bits per heavy atom. The summed E-state index contributed by atoms with van der Waals surface area (Å²) in [5.74, 6) is 0.642. The molecule has 4 nitrogen and oxygen atoms in total. The number of amides is 1. The molecule has 0 fully saturated rings. The van der Waals surface area contributed by atoms with Crippen LogP contribution in [-0.4, -0.2) is 20.1 Å². The van der Waals surface area contributed by atoms with E-state index >= 15 is 0 Å². The van der Waals surface area contributed by atoms with Crippen molar-refractivity contribution < 1.29 is 14.3 Å². The van der Waals surface area contributed by atoms with E-state index in [9.17, 15) is 4.79 Å². The standard InChI is InChI=1S/C17H19NO3/c1-20-15-10-8-13(9-11-15)12-18-17(19)16(21-2)14-6-4-3-5-7-14/h3-11,16H,12H2,1-2H3,(H,18,19). The highest BCUT2D eigenvalue weighted by Crippen LogP contribution is 2.17. The van der Waals surface area contributed by atoms with Gasteiger partial charge in [-0.15, -0.1) is 0 Å². The molecule has 2 aromatic carbocycles. The molecule has 21 heavy (non-hydrogen) atoms. The van der Waals surface area contributed by atoms with E-state index in [2.05, 4.69) is 5.32 Å². The van der Waals surface area contributed by atoms with Gasteiger partial charge in [0.05, 0.1) is 7.11 Å². The minimum atomic E-state index is -0.593. The molecular weight excluding hydrogens is 266 g/mol. The summed E-state index contributed by atoms with van der Waals surface area (Å²) in [4.78, 5) is 12.2. The second-order valence-electron chi connectivity index (χ2n) is 4.59. The number of carbonyl (C=O) groups excluding carboxylic acids is 1. The van der Waals surface area contributed by atoms with Crippen molar-refractivity contribution in [2.24, 2.45) is 0 Å². The average molecular weight is 285 g/mol. The van der Waals surface area contributed by atoms with Crippen LogP contribution in [0.15, 0.2) is 54.6 Å². The lowest BCUT2D eigenvalue weighted by Gasteiger charge is -2.15. The molecule has 0 radical (unpaired) electrons. The van der Waals surface area contributed by atoms with E-state index in [1.54, 1.807) is 7.11 Å². The summed E-state index contributed by atoms with van der Waals surface area (Å²) in [7, 11) is 3.16. The zero-order chi connectivity index (χ0) is 15.1. The Hall–Kier alpha value is -2.33. The molecule has 1 N–H and O–H groups in total. The molecule has 2 aromatic rings. The summed E-state index contributed by atoms with van der Waals surface area (Å²) in [5, 5.41) is 2.88. The van der Waals surface area contributed by atoms with Crippen molar-refractivity contribution in [3.8, 4) is 5.75 Å². The highest BCUT2D eigenvalue weighted by molar-refractivity contribution is 5.82. The Labute approximate surface area is 124 Å². The fraction of sp³-hybridized carbons (Fsp3) is 0.235. The van der Waals surface area contributed by atoms with Crippen molar-refractivity contribution in [3.05, 3.63) is 65.7 Å². The smallest absolute Gasteiger partial charge is 0.254 e. The van der Waals surface area contributed by atoms with Crippen LogP contribution in [0.3, 0.4) is 0 Å². The molecule has 4 heteroatoms. The first-order valence-corrected chi connectivity index (χ1v) is 6.73. The first-order chi connectivity index (χ1) is 10.2. The van der Waals surface area contributed by atoms with E-state index in [0.717, 1.165) is 16.9 Å². The normalized spacial score (nSPS) is 11.7. The Morgan fingerprint density at radius 2 is 1.71 bits per heavy atom. The van der Waals surface area contributed by atoms with Gasteiger partial charge in [0.15, 0.2) is 6.10 Å². The molecule has 0 saturated heterocycles. The number of hydrogen-bond acceptors (Lipinski definition) is 3. The lowest BCUT2D eigenvalue weighted by molar-refractivity contribution is -0.131. The first kappa shape index (κ1) is 15.1. The molecule has 0 spiro atoms. The maximum absolute atomic E-state index is 12.2. The van der Waals surface area contributed by atoms with Crippen molar-refractivity contribution in [3.63, 3.8) is 0 Å². The van der Waals surface area contributed by atoms with Crippen LogP contribution in [-0.2, 0) is 16.1 Å². The van der Waals surface area contributed by atoms with Crippen molar-refractivity contribution in [1.29, 1.82) is 0 Å². The zero-order valence-electron chi connectivity index (χ0n) is 12.2. The number of methoxy groups -OCH3 is 2. The Morgan fingerprint density at radius 3 is 2.29 bits per heavy atom. The van der Waals surface area contributed by atoms with Crippen LogP contribution in [0, 0.1) is 0 Å². The van der Waals surface area contributed by atoms with Gasteiger partial charge < -0.3 is 14.8 Å². The third-order valence-corrected chi connectivity index (χ3v) is 3.20. The minimum Gasteiger partial charge on any atom is -0.497 e. The molecule has 110 valence electrons. The van der Waals surface area contributed by atoms with Gasteiger partial charge in [-0.1, -0.05) is 42.5 Å². The van der Waals surface area contributed by atoms with Crippen molar-refractivity contribution in [2.75, 3.05) is 14.2 Å². The van der Waals surface area contributed by atoms with Gasteiger partial charge >= 0.3 is 0 Å². The summed E-state index contributed by atoms with van der Waals surface area (Å²) in [6, 6.07) is 17.0. The number of rotatable bonds is 6. The Kier molecular flexibility index (Phi) is 5.35. The topological polar surface area (TPSA) is 47.6 Å². The van der Waals surface area contributed by atoms with Gasteiger partial charge in [0, 0.05) is 13.7 Å². The van der Waals surface area contributed by atoms with Crippen LogP contribution < -0.4 is 10.1 Å². The molecule has 0 aliphatic heterocycles. The summed E-state index contributed by atoms with van der Waals surface area (Å²) in [6.45, 7) is 0.454. The number of ether oxygens (including phenoxy) is 2. The molecule has 2 rings (SSSR count). The Balaban J connectivity index is 1.96. The van der Waals surface area contributed by atoms with E-state index in [-0.39, 0.29) is 5.91 Å². The third kappa shape index (κ3) is 4.07. The molecule has 0 heterocycles. The predicted octanol–water partition coefficient (Wildman–Crippen LogP) is 2.70. The molecule has 1 unspecified atom stereocenters. The second-order valence-corrected chi connectivity index (χ2v) is 4.59. The number of nitrogens with one attached hydrogen (secondary N) is 1. The van der Waals surface area contributed by atoms with Crippen LogP contribution in [0.25, 0.3) is 0 Å². The highest BCUT2D eigenvalue weighted by atomic mass is 16.5. The maximum Gasteiger partial charge on any atom is 0.254 e. The largest absolute Gasteiger partial charge is 0.497 e. The number of carbonyl (C=O) groups is 1. The second kappa shape index (κ2) is 7.45. The number of benzene rings is 2. The summed E-state index contributed by atoms with van der Waals surface area (Å²) < 4.78 is 10.4. The van der Waals surface area contributed by atoms with Crippen molar-refractivity contribution in [2.45, 2.75) is 12.6 Å². The van der Waals surface area contributed by atoms with Gasteiger partial charge in [-0.3, -0.25) is 4.79 Å². The zero-order valence-corrected chi connectivity index (χ0v) is 12.2. The lowest BCUT2D eigenvalue weighted by atomic mass is 10.1. The van der Waals surface area contributed by atoms with E-state index in [4.69, 9.17) is 9.47 Å². The van der Waals surface area contributed by atoms with Gasteiger partial charge in [0.1, 0.15) is 5.75 Å². The van der Waals surface area contributed by atoms with E-state index < -0.39 is 6.10 Å². The molecule has 1 atom stereocenters. The van der Waals surface area contributed by atoms with E-state index in [1.807, 2.05) is 54.6 Å². The maximum atomic E-state index is 12.2. The van der Waals surface area contributed by atoms with E-state index in [0.29, 0.717) is 6.54 Å². The summed E-state index contributed by atoms with van der Waals surface area (Å²) in [6.07, 6.45) is -0.593. The highest BCUT2D eigenvalue weighted by Gasteiger charge is 2.19. The van der Waals surface area contributed by atoms with Crippen molar-refractivity contribution >= 4 is 5.91 Å². The van der Waals surface area contributed by atoms with Gasteiger partial charge in [-0.25, -0.2) is 0 Å². The third-order valence-electron chi connectivity index (χ3n) is 3.20. The van der Waals surface area contributed by atoms with Gasteiger partial charge in [-0.2, -0.15) is 0 Å². The van der Waals surface area contributed by atoms with Crippen molar-refractivity contribution in [1.82, 2.24) is 5.32 Å². The van der Waals surface area contributed by atoms with Crippen LogP contribution in [0.2, 0.25) is 0 Å². The summed E-state index contributed by atoms with van der Waals surface area (Å²) in [5.41, 5.74) is 1.85. The fourth-order valence-corrected chi connectivity index (χ4v) is 2.05. The quantitative estimate of drug-likeness (QED) is 0.887. The monoisotopic (exact) mass is 285 g/mol. The Bertz CT molecular complexity index is 566. The van der Waals surface area contributed by atoms with Gasteiger partial charge in [0.25, 0.3) is 5.91 Å². The minimum absolute atomic E-state index is 0.153. The van der Waals surface area contributed by atoms with Gasteiger partial charge in [0.2, 0.25) is 0 Å². The SMILES string of the molecule is COc1ccc(CNC(=O)C(OC)c2ccccc2)cc1. The average Bonchev–Trinajstić information content (AvgIpc) is 2.55. The van der Waals surface area contributed by atoms with E-state index in [1.165, 1.54) is 7.11 Å². The lowest BCUT2D eigenvalue weighted by Crippen LogP contribution is -2.29. The molecule has 0 aromatic heterocycles. The molecular formula is C17H19NO3. The molecule has 0 saturated carbocycles. The number of hydrogen-bond donors (Lipinski definition) is 1. The molecule has 1 amide bonds. The first-order valence-electron chi connectivity index (χ1n) is 6.73. The molecule has 0 aliphatic rings. The van der Waals surface area contributed by atoms with Crippen LogP contribution >= 0.6 is 0 Å². The predicted molar refractivity (Wildman–Crippen MR) is 81.0 cm³/mol. The van der Waals surface area contributed by atoms with Crippen LogP contribution in [0.4, 0.5) is 0 Å². The van der Waals surface area contributed by atoms with Crippen LogP contribution in [0.5, 0.6) is 5.75 Å². The van der Waals surface area contributed by atoms with Crippen LogP contribution in [0.1, 0.15) is 17.2 Å².